The van der Waals surface area contributed by atoms with Gasteiger partial charge in [0.25, 0.3) is 11.8 Å². The summed E-state index contributed by atoms with van der Waals surface area (Å²) in [5.74, 6) is 1.12. The molecule has 1 saturated carbocycles. The molecule has 0 aromatic carbocycles. The van der Waals surface area contributed by atoms with Crippen molar-refractivity contribution < 1.29 is 9.59 Å². The van der Waals surface area contributed by atoms with E-state index >= 15 is 0 Å². The zero-order valence-electron chi connectivity index (χ0n) is 24.2. The standard InChI is InChI=1S/C30H38N10O2/c1-19-23(35-30(42)24-9-7-21(16-32-24)20-5-6-20)4-3-11-40(19)26-18-34-27(28(31)41)29(37-26)36-25-10-8-22(17-33-25)39-14-12-38(2)13-15-39/h7-10,16-20,23H,3-6,11-15H2,1-2H3,(H2,31,41)(H,35,42)(H,33,36,37)/t19-,23-/m1/s1. The Morgan fingerprint density at radius 3 is 2.40 bits per heavy atom. The molecule has 3 aliphatic rings. The zero-order valence-corrected chi connectivity index (χ0v) is 24.2. The van der Waals surface area contributed by atoms with E-state index in [4.69, 9.17) is 10.7 Å². The minimum atomic E-state index is -0.678. The molecular formula is C30H38N10O2. The Balaban J connectivity index is 1.15. The molecule has 0 unspecified atom stereocenters. The van der Waals surface area contributed by atoms with E-state index in [1.54, 1.807) is 6.20 Å². The van der Waals surface area contributed by atoms with Gasteiger partial charge >= 0.3 is 0 Å². The average Bonchev–Trinajstić information content (AvgIpc) is 3.85. The third kappa shape index (κ3) is 6.13. The molecule has 2 aliphatic heterocycles. The van der Waals surface area contributed by atoms with Crippen LogP contribution in [-0.4, -0.2) is 88.5 Å². The fraction of sp³-hybridized carbons (Fsp3) is 0.467. The number of aromatic nitrogens is 4. The smallest absolute Gasteiger partial charge is 0.271 e. The second kappa shape index (κ2) is 11.9. The Hall–Kier alpha value is -4.32. The van der Waals surface area contributed by atoms with Crippen molar-refractivity contribution in [1.82, 2.24) is 30.2 Å². The molecule has 0 radical (unpaired) electrons. The summed E-state index contributed by atoms with van der Waals surface area (Å²) in [4.78, 5) is 50.0. The molecule has 5 heterocycles. The fourth-order valence-corrected chi connectivity index (χ4v) is 5.72. The van der Waals surface area contributed by atoms with E-state index in [0.717, 1.165) is 51.3 Å². The second-order valence-electron chi connectivity index (χ2n) is 11.5. The first kappa shape index (κ1) is 27.8. The van der Waals surface area contributed by atoms with Crippen LogP contribution >= 0.6 is 0 Å². The predicted octanol–water partition coefficient (Wildman–Crippen LogP) is 2.53. The van der Waals surface area contributed by atoms with E-state index in [0.29, 0.717) is 23.2 Å². The highest BCUT2D eigenvalue weighted by Gasteiger charge is 2.32. The Morgan fingerprint density at radius 1 is 0.929 bits per heavy atom. The first-order valence-electron chi connectivity index (χ1n) is 14.7. The second-order valence-corrected chi connectivity index (χ2v) is 11.5. The molecule has 0 bridgehead atoms. The van der Waals surface area contributed by atoms with Crippen LogP contribution in [0.1, 0.15) is 65.1 Å². The van der Waals surface area contributed by atoms with E-state index in [9.17, 15) is 9.59 Å². The normalized spacial score (nSPS) is 21.2. The van der Waals surface area contributed by atoms with Crippen LogP contribution in [0.15, 0.2) is 42.9 Å². The Kier molecular flexibility index (Phi) is 7.88. The number of nitrogens with one attached hydrogen (secondary N) is 2. The van der Waals surface area contributed by atoms with Gasteiger partial charge in [0.15, 0.2) is 11.5 Å². The third-order valence-electron chi connectivity index (χ3n) is 8.52. The van der Waals surface area contributed by atoms with Gasteiger partial charge in [0.2, 0.25) is 0 Å². The third-order valence-corrected chi connectivity index (χ3v) is 8.52. The number of hydrogen-bond donors (Lipinski definition) is 3. The SMILES string of the molecule is C[C@@H]1[C@H](NC(=O)c2ccc(C3CC3)cn2)CCCN1c1cnc(C(N)=O)c(Nc2ccc(N3CCN(C)CC3)cn2)n1. The number of piperazine rings is 1. The van der Waals surface area contributed by atoms with Crippen molar-refractivity contribution in [3.05, 3.63) is 59.8 Å². The first-order chi connectivity index (χ1) is 20.4. The fourth-order valence-electron chi connectivity index (χ4n) is 5.72. The van der Waals surface area contributed by atoms with E-state index in [1.807, 2.05) is 36.7 Å². The lowest BCUT2D eigenvalue weighted by atomic mass is 9.97. The van der Waals surface area contributed by atoms with E-state index in [-0.39, 0.29) is 29.5 Å². The number of rotatable bonds is 8. The van der Waals surface area contributed by atoms with Crippen LogP contribution in [0.3, 0.4) is 0 Å². The lowest BCUT2D eigenvalue weighted by Gasteiger charge is -2.40. The lowest BCUT2D eigenvalue weighted by Crippen LogP contribution is -2.54. The lowest BCUT2D eigenvalue weighted by molar-refractivity contribution is 0.0918. The number of primary amides is 1. The Bertz CT molecular complexity index is 1420. The van der Waals surface area contributed by atoms with Crippen LogP contribution in [0.5, 0.6) is 0 Å². The molecule has 12 nitrogen and oxygen atoms in total. The number of amides is 2. The molecule has 0 spiro atoms. The first-order valence-corrected chi connectivity index (χ1v) is 14.7. The van der Waals surface area contributed by atoms with Gasteiger partial charge in [-0.25, -0.2) is 15.0 Å². The van der Waals surface area contributed by atoms with Crippen LogP contribution in [0.4, 0.5) is 23.1 Å². The predicted molar refractivity (Wildman–Crippen MR) is 161 cm³/mol. The highest BCUT2D eigenvalue weighted by Crippen LogP contribution is 2.39. The summed E-state index contributed by atoms with van der Waals surface area (Å²) in [6.45, 7) is 6.71. The number of nitrogens with two attached hydrogens (primary N) is 1. The summed E-state index contributed by atoms with van der Waals surface area (Å²) in [5, 5.41) is 6.32. The van der Waals surface area contributed by atoms with Crippen LogP contribution in [0, 0.1) is 0 Å². The van der Waals surface area contributed by atoms with Gasteiger partial charge in [-0.15, -0.1) is 0 Å². The maximum Gasteiger partial charge on any atom is 0.271 e. The summed E-state index contributed by atoms with van der Waals surface area (Å²) < 4.78 is 0. The Labute approximate surface area is 245 Å². The van der Waals surface area contributed by atoms with Crippen molar-refractivity contribution in [2.75, 3.05) is 54.9 Å². The molecular weight excluding hydrogens is 532 g/mol. The number of piperidine rings is 1. The van der Waals surface area contributed by atoms with Gasteiger partial charge in [0.05, 0.1) is 18.1 Å². The summed E-state index contributed by atoms with van der Waals surface area (Å²) in [5.41, 5.74) is 8.35. The van der Waals surface area contributed by atoms with Gasteiger partial charge in [0.1, 0.15) is 17.3 Å². The monoisotopic (exact) mass is 570 g/mol. The van der Waals surface area contributed by atoms with Gasteiger partial charge in [0, 0.05) is 51.0 Å². The highest BCUT2D eigenvalue weighted by atomic mass is 16.2. The molecule has 6 rings (SSSR count). The van der Waals surface area contributed by atoms with Gasteiger partial charge < -0.3 is 31.1 Å². The molecule has 3 fully saturated rings. The molecule has 3 aromatic rings. The van der Waals surface area contributed by atoms with E-state index < -0.39 is 5.91 Å². The summed E-state index contributed by atoms with van der Waals surface area (Å²) in [6, 6.07) is 7.54. The molecule has 2 amide bonds. The van der Waals surface area contributed by atoms with E-state index in [2.05, 4.69) is 54.3 Å². The minimum absolute atomic E-state index is 0.0407. The summed E-state index contributed by atoms with van der Waals surface area (Å²) in [7, 11) is 2.13. The van der Waals surface area contributed by atoms with E-state index in [1.165, 1.54) is 18.4 Å². The number of carbonyl (C=O) groups excluding carboxylic acids is 2. The zero-order chi connectivity index (χ0) is 29.2. The van der Waals surface area contributed by atoms with Crippen molar-refractivity contribution in [2.24, 2.45) is 5.73 Å². The number of pyridine rings is 2. The van der Waals surface area contributed by atoms with Crippen LogP contribution in [0.25, 0.3) is 0 Å². The van der Waals surface area contributed by atoms with Crippen molar-refractivity contribution in [1.29, 1.82) is 0 Å². The molecule has 4 N–H and O–H groups in total. The minimum Gasteiger partial charge on any atom is -0.368 e. The summed E-state index contributed by atoms with van der Waals surface area (Å²) in [6.07, 6.45) is 9.30. The van der Waals surface area contributed by atoms with Crippen molar-refractivity contribution in [3.63, 3.8) is 0 Å². The maximum absolute atomic E-state index is 13.0. The molecule has 220 valence electrons. The molecule has 12 heteroatoms. The van der Waals surface area contributed by atoms with Crippen molar-refractivity contribution >= 4 is 35.0 Å². The average molecular weight is 571 g/mol. The van der Waals surface area contributed by atoms with Gasteiger partial charge in [-0.1, -0.05) is 6.07 Å². The van der Waals surface area contributed by atoms with Gasteiger partial charge in [-0.2, -0.15) is 0 Å². The number of likely N-dealkylation sites (N-methyl/N-ethyl adjacent to an activating group) is 1. The maximum atomic E-state index is 13.0. The van der Waals surface area contributed by atoms with Crippen LogP contribution in [-0.2, 0) is 0 Å². The van der Waals surface area contributed by atoms with Crippen LogP contribution < -0.4 is 26.2 Å². The number of anilines is 4. The molecule has 2 saturated heterocycles. The molecule has 42 heavy (non-hydrogen) atoms. The molecule has 1 aliphatic carbocycles. The highest BCUT2D eigenvalue weighted by molar-refractivity contribution is 5.96. The van der Waals surface area contributed by atoms with Gasteiger partial charge in [-0.3, -0.25) is 14.6 Å². The summed E-state index contributed by atoms with van der Waals surface area (Å²) >= 11 is 0. The topological polar surface area (TPSA) is 146 Å². The number of hydrogen-bond acceptors (Lipinski definition) is 10. The van der Waals surface area contributed by atoms with Crippen molar-refractivity contribution in [3.8, 4) is 0 Å². The van der Waals surface area contributed by atoms with Crippen LogP contribution in [0.2, 0.25) is 0 Å². The molecule has 3 aromatic heterocycles. The number of nitrogens with zero attached hydrogens (tertiary/aromatic N) is 7. The van der Waals surface area contributed by atoms with Crippen molar-refractivity contribution in [2.45, 2.75) is 50.6 Å². The molecule has 2 atom stereocenters. The number of carbonyl (C=O) groups is 2. The largest absolute Gasteiger partial charge is 0.368 e. The quantitative estimate of drug-likeness (QED) is 0.369. The Morgan fingerprint density at radius 2 is 1.74 bits per heavy atom. The van der Waals surface area contributed by atoms with Gasteiger partial charge in [-0.05, 0) is 69.3 Å².